The average Bonchev–Trinajstić information content (AvgIpc) is 2.75. The quantitative estimate of drug-likeness (QED) is 0.840. The van der Waals surface area contributed by atoms with Gasteiger partial charge in [0, 0.05) is 11.3 Å². The first kappa shape index (κ1) is 9.49. The van der Waals surface area contributed by atoms with Gasteiger partial charge in [0.25, 0.3) is 0 Å². The summed E-state index contributed by atoms with van der Waals surface area (Å²) in [6.07, 6.45) is 0.852. The Bertz CT molecular complexity index is 391. The average molecular weight is 207 g/mol. The van der Waals surface area contributed by atoms with E-state index in [1.54, 1.807) is 11.3 Å². The molecule has 0 saturated heterocycles. The van der Waals surface area contributed by atoms with Crippen LogP contribution < -0.4 is 5.73 Å². The third kappa shape index (κ3) is 2.05. The van der Waals surface area contributed by atoms with E-state index in [2.05, 4.69) is 11.4 Å². The largest absolute Gasteiger partial charge is 0.465 e. The molecule has 2 aromatic rings. The molecule has 0 aliphatic rings. The Kier molecular flexibility index (Phi) is 2.70. The van der Waals surface area contributed by atoms with E-state index in [0.29, 0.717) is 0 Å². The Morgan fingerprint density at radius 3 is 2.86 bits per heavy atom. The zero-order valence-electron chi connectivity index (χ0n) is 8.07. The fraction of sp³-hybridized carbons (Fsp3) is 0.273. The van der Waals surface area contributed by atoms with Gasteiger partial charge < -0.3 is 10.2 Å². The van der Waals surface area contributed by atoms with Crippen molar-refractivity contribution in [3.63, 3.8) is 0 Å². The number of aryl methyl sites for hydroxylation is 1. The Hall–Kier alpha value is -1.06. The molecule has 0 radical (unpaired) electrons. The number of hydrogen-bond acceptors (Lipinski definition) is 3. The molecule has 0 bridgehead atoms. The van der Waals surface area contributed by atoms with Gasteiger partial charge in [0.15, 0.2) is 0 Å². The van der Waals surface area contributed by atoms with Gasteiger partial charge in [0.05, 0.1) is 6.04 Å². The lowest BCUT2D eigenvalue weighted by Crippen LogP contribution is -2.11. The van der Waals surface area contributed by atoms with Crippen molar-refractivity contribution in [2.75, 3.05) is 0 Å². The first-order chi connectivity index (χ1) is 6.75. The lowest BCUT2D eigenvalue weighted by molar-refractivity contribution is 0.446. The zero-order valence-corrected chi connectivity index (χ0v) is 8.88. The van der Waals surface area contributed by atoms with Crippen LogP contribution in [0.4, 0.5) is 0 Å². The van der Waals surface area contributed by atoms with Crippen molar-refractivity contribution in [2.24, 2.45) is 5.73 Å². The maximum absolute atomic E-state index is 6.01. The molecule has 2 aromatic heterocycles. The van der Waals surface area contributed by atoms with E-state index in [4.69, 9.17) is 10.2 Å². The van der Waals surface area contributed by atoms with Gasteiger partial charge in [0.1, 0.15) is 11.5 Å². The topological polar surface area (TPSA) is 39.2 Å². The summed E-state index contributed by atoms with van der Waals surface area (Å²) in [7, 11) is 0. The van der Waals surface area contributed by atoms with Gasteiger partial charge in [-0.05, 0) is 30.5 Å². The van der Waals surface area contributed by atoms with E-state index in [9.17, 15) is 0 Å². The molecule has 1 atom stereocenters. The Labute approximate surface area is 87.4 Å². The molecule has 2 rings (SSSR count). The van der Waals surface area contributed by atoms with Crippen LogP contribution in [0.3, 0.4) is 0 Å². The van der Waals surface area contributed by atoms with Crippen LogP contribution in [0.25, 0.3) is 0 Å². The minimum Gasteiger partial charge on any atom is -0.465 e. The van der Waals surface area contributed by atoms with Crippen molar-refractivity contribution in [3.8, 4) is 0 Å². The van der Waals surface area contributed by atoms with Crippen molar-refractivity contribution in [1.82, 2.24) is 0 Å². The van der Waals surface area contributed by atoms with Crippen LogP contribution in [-0.2, 0) is 6.42 Å². The molecule has 3 heteroatoms. The van der Waals surface area contributed by atoms with E-state index < -0.39 is 0 Å². The summed E-state index contributed by atoms with van der Waals surface area (Å²) in [4.78, 5) is 1.30. The van der Waals surface area contributed by atoms with E-state index >= 15 is 0 Å². The van der Waals surface area contributed by atoms with E-state index in [0.717, 1.165) is 17.9 Å². The second-order valence-electron chi connectivity index (χ2n) is 3.34. The van der Waals surface area contributed by atoms with Crippen LogP contribution >= 0.6 is 11.3 Å². The fourth-order valence-corrected chi connectivity index (χ4v) is 2.16. The molecule has 74 valence electrons. The molecule has 0 saturated carbocycles. The predicted molar refractivity (Wildman–Crippen MR) is 58.4 cm³/mol. The van der Waals surface area contributed by atoms with Crippen LogP contribution in [0.15, 0.2) is 34.1 Å². The molecule has 0 fully saturated rings. The van der Waals surface area contributed by atoms with Gasteiger partial charge in [-0.25, -0.2) is 0 Å². The Balaban J connectivity index is 2.06. The summed E-state index contributed by atoms with van der Waals surface area (Å²) in [5, 5.41) is 2.06. The molecule has 14 heavy (non-hydrogen) atoms. The molecule has 0 aliphatic carbocycles. The molecule has 0 aromatic carbocycles. The standard InChI is InChI=1S/C11H13NOS/c1-8-4-5-11(13-8)10(12)7-9-3-2-6-14-9/h2-6,10H,7,12H2,1H3. The maximum Gasteiger partial charge on any atom is 0.121 e. The lowest BCUT2D eigenvalue weighted by Gasteiger charge is -2.06. The van der Waals surface area contributed by atoms with Crippen LogP contribution in [0.1, 0.15) is 22.4 Å². The van der Waals surface area contributed by atoms with Gasteiger partial charge in [0.2, 0.25) is 0 Å². The number of thiophene rings is 1. The monoisotopic (exact) mass is 207 g/mol. The van der Waals surface area contributed by atoms with Gasteiger partial charge in [-0.3, -0.25) is 0 Å². The minimum atomic E-state index is -0.0256. The summed E-state index contributed by atoms with van der Waals surface area (Å²) in [5.74, 6) is 1.79. The highest BCUT2D eigenvalue weighted by molar-refractivity contribution is 7.09. The third-order valence-electron chi connectivity index (χ3n) is 2.13. The first-order valence-electron chi connectivity index (χ1n) is 4.60. The van der Waals surface area contributed by atoms with E-state index in [-0.39, 0.29) is 6.04 Å². The normalized spacial score (nSPS) is 13.0. The third-order valence-corrected chi connectivity index (χ3v) is 3.03. The lowest BCUT2D eigenvalue weighted by atomic mass is 10.1. The smallest absolute Gasteiger partial charge is 0.121 e. The summed E-state index contributed by atoms with van der Waals surface area (Å²) < 4.78 is 5.47. The highest BCUT2D eigenvalue weighted by atomic mass is 32.1. The molecular formula is C11H13NOS. The van der Waals surface area contributed by atoms with Crippen LogP contribution in [0.2, 0.25) is 0 Å². The Morgan fingerprint density at radius 1 is 1.43 bits per heavy atom. The molecule has 0 spiro atoms. The van der Waals surface area contributed by atoms with Gasteiger partial charge in [-0.2, -0.15) is 0 Å². The van der Waals surface area contributed by atoms with Crippen LogP contribution in [0.5, 0.6) is 0 Å². The zero-order chi connectivity index (χ0) is 9.97. The summed E-state index contributed by atoms with van der Waals surface area (Å²) in [6, 6.07) is 8.01. The van der Waals surface area contributed by atoms with Crippen LogP contribution in [0, 0.1) is 6.92 Å². The van der Waals surface area contributed by atoms with Crippen LogP contribution in [-0.4, -0.2) is 0 Å². The van der Waals surface area contributed by atoms with E-state index in [1.165, 1.54) is 4.88 Å². The van der Waals surface area contributed by atoms with Crippen molar-refractivity contribution in [1.29, 1.82) is 0 Å². The number of rotatable bonds is 3. The van der Waals surface area contributed by atoms with E-state index in [1.807, 2.05) is 25.1 Å². The predicted octanol–water partition coefficient (Wildman–Crippen LogP) is 2.89. The molecule has 2 N–H and O–H groups in total. The van der Waals surface area contributed by atoms with Crippen molar-refractivity contribution >= 4 is 11.3 Å². The second-order valence-corrected chi connectivity index (χ2v) is 4.37. The van der Waals surface area contributed by atoms with Gasteiger partial charge in [-0.15, -0.1) is 11.3 Å². The molecular weight excluding hydrogens is 194 g/mol. The molecule has 0 aliphatic heterocycles. The summed E-state index contributed by atoms with van der Waals surface area (Å²) in [5.41, 5.74) is 6.01. The van der Waals surface area contributed by atoms with Crippen molar-refractivity contribution < 1.29 is 4.42 Å². The summed E-state index contributed by atoms with van der Waals surface area (Å²) >= 11 is 1.73. The minimum absolute atomic E-state index is 0.0256. The number of furan rings is 1. The molecule has 0 amide bonds. The molecule has 1 unspecified atom stereocenters. The van der Waals surface area contributed by atoms with Gasteiger partial charge >= 0.3 is 0 Å². The highest BCUT2D eigenvalue weighted by Gasteiger charge is 2.10. The highest BCUT2D eigenvalue weighted by Crippen LogP contribution is 2.20. The SMILES string of the molecule is Cc1ccc(C(N)Cc2cccs2)o1. The molecule has 2 nitrogen and oxygen atoms in total. The summed E-state index contributed by atoms with van der Waals surface area (Å²) in [6.45, 7) is 1.93. The number of nitrogens with two attached hydrogens (primary N) is 1. The van der Waals surface area contributed by atoms with Crippen molar-refractivity contribution in [2.45, 2.75) is 19.4 Å². The molecule has 2 heterocycles. The second kappa shape index (κ2) is 3.98. The first-order valence-corrected chi connectivity index (χ1v) is 5.48. The van der Waals surface area contributed by atoms with Crippen molar-refractivity contribution in [3.05, 3.63) is 46.0 Å². The maximum atomic E-state index is 6.01. The fourth-order valence-electron chi connectivity index (χ4n) is 1.40. The number of hydrogen-bond donors (Lipinski definition) is 1. The van der Waals surface area contributed by atoms with Gasteiger partial charge in [-0.1, -0.05) is 6.07 Å². The Morgan fingerprint density at radius 2 is 2.29 bits per heavy atom.